The Labute approximate surface area is 235 Å². The van der Waals surface area contributed by atoms with E-state index in [2.05, 4.69) is 25.6 Å². The number of amides is 2. The number of hydrogen-bond acceptors (Lipinski definition) is 11. The molecule has 0 saturated heterocycles. The number of nitrogens with one attached hydrogen (secondary N) is 3. The van der Waals surface area contributed by atoms with E-state index in [0.717, 1.165) is 5.56 Å². The molecule has 1 aromatic carbocycles. The van der Waals surface area contributed by atoms with Gasteiger partial charge in [-0.15, -0.1) is 0 Å². The van der Waals surface area contributed by atoms with Crippen LogP contribution in [0.5, 0.6) is 0 Å². The van der Waals surface area contributed by atoms with Crippen molar-refractivity contribution in [3.05, 3.63) is 52.6 Å². The first-order valence-corrected chi connectivity index (χ1v) is 12.9. The van der Waals surface area contributed by atoms with Gasteiger partial charge in [-0.2, -0.15) is 4.98 Å². The summed E-state index contributed by atoms with van der Waals surface area (Å²) in [6, 6.07) is 9.03. The Bertz CT molecular complexity index is 1380. The van der Waals surface area contributed by atoms with Gasteiger partial charge >= 0.3 is 12.1 Å². The summed E-state index contributed by atoms with van der Waals surface area (Å²) in [6.07, 6.45) is -0.873. The first-order chi connectivity index (χ1) is 19.4. The highest BCUT2D eigenvalue weighted by Crippen LogP contribution is 2.11. The van der Waals surface area contributed by atoms with Crippen molar-refractivity contribution in [2.24, 2.45) is 0 Å². The zero-order valence-electron chi connectivity index (χ0n) is 23.4. The third-order valence-electron chi connectivity index (χ3n) is 5.36. The van der Waals surface area contributed by atoms with E-state index in [1.54, 1.807) is 52.0 Å². The van der Waals surface area contributed by atoms with Crippen molar-refractivity contribution < 1.29 is 33.7 Å². The monoisotopic (exact) mass is 573 g/mol. The number of fused-ring (bicyclic) bond motifs is 1. The molecule has 0 spiro atoms. The van der Waals surface area contributed by atoms with E-state index in [-0.39, 0.29) is 56.5 Å². The number of aromatic nitrogens is 4. The van der Waals surface area contributed by atoms with E-state index in [0.29, 0.717) is 0 Å². The van der Waals surface area contributed by atoms with E-state index >= 15 is 0 Å². The van der Waals surface area contributed by atoms with Gasteiger partial charge < -0.3 is 28.8 Å². The van der Waals surface area contributed by atoms with Gasteiger partial charge in [0.25, 0.3) is 5.56 Å². The SMILES string of the molecule is CCOC(=O)CN(CCNC(O)OC(C)(C)C)C(=O)Cn1cnc2c(=O)[nH]c(NC(=O)OCc3ccccc3)nc21. The van der Waals surface area contributed by atoms with Gasteiger partial charge in [0.1, 0.15) is 19.7 Å². The summed E-state index contributed by atoms with van der Waals surface area (Å²) in [5.74, 6) is -1.32. The number of aliphatic hydroxyl groups is 1. The van der Waals surface area contributed by atoms with Crippen LogP contribution in [0, 0.1) is 0 Å². The summed E-state index contributed by atoms with van der Waals surface area (Å²) < 4.78 is 16.8. The fourth-order valence-electron chi connectivity index (χ4n) is 3.58. The van der Waals surface area contributed by atoms with Crippen molar-refractivity contribution >= 4 is 35.1 Å². The Hall–Kier alpha value is -4.34. The number of ether oxygens (including phenoxy) is 3. The number of H-pyrrole nitrogens is 1. The van der Waals surface area contributed by atoms with Crippen molar-refractivity contribution in [2.45, 2.75) is 52.9 Å². The number of benzene rings is 1. The van der Waals surface area contributed by atoms with Gasteiger partial charge in [-0.3, -0.25) is 30.0 Å². The standard InChI is InChI=1S/C26H35N7O8/c1-5-39-19(35)14-32(12-11-27-24(37)41-26(2,3)4)18(34)13-33-16-28-20-21(33)29-23(30-22(20)36)31-25(38)40-15-17-9-7-6-8-10-17/h6-10,16,24,27,37H,5,11-15H2,1-4H3,(H2,29,30,31,36,38). The lowest BCUT2D eigenvalue weighted by molar-refractivity contribution is -0.181. The summed E-state index contributed by atoms with van der Waals surface area (Å²) in [5, 5.41) is 15.1. The molecule has 41 heavy (non-hydrogen) atoms. The molecule has 3 rings (SSSR count). The van der Waals surface area contributed by atoms with Gasteiger partial charge in [-0.1, -0.05) is 30.3 Å². The second-order valence-corrected chi connectivity index (χ2v) is 9.80. The van der Waals surface area contributed by atoms with E-state index in [1.165, 1.54) is 15.8 Å². The Morgan fingerprint density at radius 3 is 2.59 bits per heavy atom. The van der Waals surface area contributed by atoms with Crippen LogP contribution in [0.15, 0.2) is 41.5 Å². The highest BCUT2D eigenvalue weighted by molar-refractivity contribution is 5.85. The minimum Gasteiger partial charge on any atom is -0.465 e. The predicted octanol–water partition coefficient (Wildman–Crippen LogP) is 0.941. The van der Waals surface area contributed by atoms with E-state index in [9.17, 15) is 24.3 Å². The number of imidazole rings is 1. The second-order valence-electron chi connectivity index (χ2n) is 9.80. The van der Waals surface area contributed by atoms with Crippen LogP contribution >= 0.6 is 0 Å². The first-order valence-electron chi connectivity index (χ1n) is 12.9. The summed E-state index contributed by atoms with van der Waals surface area (Å²) in [4.78, 5) is 62.1. The molecule has 1 atom stereocenters. The van der Waals surface area contributed by atoms with Gasteiger partial charge in [0, 0.05) is 13.1 Å². The molecule has 0 fully saturated rings. The van der Waals surface area contributed by atoms with Crippen molar-refractivity contribution in [2.75, 3.05) is 31.6 Å². The third-order valence-corrected chi connectivity index (χ3v) is 5.36. The molecule has 2 heterocycles. The van der Waals surface area contributed by atoms with Gasteiger partial charge in [-0.05, 0) is 33.3 Å². The van der Waals surface area contributed by atoms with Crippen molar-refractivity contribution in [3.8, 4) is 0 Å². The maximum atomic E-state index is 13.2. The maximum Gasteiger partial charge on any atom is 0.414 e. The topological polar surface area (TPSA) is 190 Å². The van der Waals surface area contributed by atoms with Crippen molar-refractivity contribution in [1.29, 1.82) is 0 Å². The molecule has 0 aliphatic heterocycles. The molecule has 15 heteroatoms. The van der Waals surface area contributed by atoms with Crippen molar-refractivity contribution in [1.82, 2.24) is 29.7 Å². The molecule has 0 saturated carbocycles. The average molecular weight is 574 g/mol. The summed E-state index contributed by atoms with van der Waals surface area (Å²) in [6.45, 7) is 6.59. The highest BCUT2D eigenvalue weighted by atomic mass is 16.6. The molecule has 1 unspecified atom stereocenters. The fraction of sp³-hybridized carbons (Fsp3) is 0.462. The summed E-state index contributed by atoms with van der Waals surface area (Å²) >= 11 is 0. The summed E-state index contributed by atoms with van der Waals surface area (Å²) in [7, 11) is 0. The fourth-order valence-corrected chi connectivity index (χ4v) is 3.58. The number of hydrogen-bond donors (Lipinski definition) is 4. The normalized spacial score (nSPS) is 12.1. The van der Waals surface area contributed by atoms with Crippen LogP contribution in [0.4, 0.5) is 10.7 Å². The molecule has 2 amide bonds. The Morgan fingerprint density at radius 2 is 1.90 bits per heavy atom. The maximum absolute atomic E-state index is 13.2. The number of carbonyl (C=O) groups excluding carboxylic acids is 3. The molecule has 0 aliphatic rings. The molecule has 0 radical (unpaired) electrons. The van der Waals surface area contributed by atoms with Crippen LogP contribution < -0.4 is 16.2 Å². The molecule has 2 aromatic heterocycles. The van der Waals surface area contributed by atoms with E-state index in [4.69, 9.17) is 14.2 Å². The molecule has 15 nitrogen and oxygen atoms in total. The molecule has 222 valence electrons. The zero-order valence-corrected chi connectivity index (χ0v) is 23.4. The van der Waals surface area contributed by atoms with Crippen LogP contribution in [-0.4, -0.2) is 85.8 Å². The molecule has 0 aliphatic carbocycles. The van der Waals surface area contributed by atoms with Gasteiger partial charge in [0.15, 0.2) is 11.2 Å². The van der Waals surface area contributed by atoms with Gasteiger partial charge in [-0.25, -0.2) is 9.78 Å². The van der Waals surface area contributed by atoms with Crippen molar-refractivity contribution in [3.63, 3.8) is 0 Å². The number of anilines is 1. The molecule has 0 bridgehead atoms. The van der Waals surface area contributed by atoms with Crippen LogP contribution in [0.3, 0.4) is 0 Å². The number of aromatic amines is 1. The molecular weight excluding hydrogens is 538 g/mol. The predicted molar refractivity (Wildman–Crippen MR) is 146 cm³/mol. The van der Waals surface area contributed by atoms with Crippen LogP contribution in [0.1, 0.15) is 33.3 Å². The Morgan fingerprint density at radius 1 is 1.17 bits per heavy atom. The molecule has 4 N–H and O–H groups in total. The molecule has 3 aromatic rings. The summed E-state index contributed by atoms with van der Waals surface area (Å²) in [5.41, 5.74) is -0.493. The van der Waals surface area contributed by atoms with Crippen LogP contribution in [-0.2, 0) is 37.0 Å². The largest absolute Gasteiger partial charge is 0.465 e. The number of carbonyl (C=O) groups is 3. The number of esters is 1. The molecular formula is C26H35N7O8. The zero-order chi connectivity index (χ0) is 30.0. The van der Waals surface area contributed by atoms with Crippen LogP contribution in [0.25, 0.3) is 11.2 Å². The number of rotatable bonds is 13. The first kappa shape index (κ1) is 31.2. The Kier molecular flexibility index (Phi) is 10.9. The number of aliphatic hydroxyl groups excluding tert-OH is 1. The van der Waals surface area contributed by atoms with E-state index < -0.39 is 35.5 Å². The second kappa shape index (κ2) is 14.3. The van der Waals surface area contributed by atoms with Gasteiger partial charge in [0.05, 0.1) is 18.5 Å². The lowest BCUT2D eigenvalue weighted by Crippen LogP contribution is -2.45. The Balaban J connectivity index is 1.70. The number of nitrogens with zero attached hydrogens (tertiary/aromatic N) is 4. The lowest BCUT2D eigenvalue weighted by atomic mass is 10.2. The minimum absolute atomic E-state index is 0.0100. The van der Waals surface area contributed by atoms with Crippen LogP contribution in [0.2, 0.25) is 0 Å². The van der Waals surface area contributed by atoms with Gasteiger partial charge in [0.2, 0.25) is 18.3 Å². The lowest BCUT2D eigenvalue weighted by Gasteiger charge is -2.26. The minimum atomic E-state index is -1.28. The highest BCUT2D eigenvalue weighted by Gasteiger charge is 2.22. The third kappa shape index (κ3) is 9.97. The smallest absolute Gasteiger partial charge is 0.414 e. The van der Waals surface area contributed by atoms with E-state index in [1.807, 2.05) is 6.07 Å². The average Bonchev–Trinajstić information content (AvgIpc) is 3.29. The quantitative estimate of drug-likeness (QED) is 0.168.